The molecule has 0 aliphatic heterocycles. The van der Waals surface area contributed by atoms with E-state index in [-0.39, 0.29) is 33.9 Å². The van der Waals surface area contributed by atoms with Gasteiger partial charge in [-0.1, -0.05) is 4.32 Å². The van der Waals surface area contributed by atoms with Crippen molar-refractivity contribution in [3.63, 3.8) is 0 Å². The average Bonchev–Trinajstić information content (AvgIpc) is 2.04. The van der Waals surface area contributed by atoms with E-state index in [0.717, 1.165) is 19.6 Å². The summed E-state index contributed by atoms with van der Waals surface area (Å²) in [6.45, 7) is 4.73. The molecular weight excluding hydrogens is 241 g/mol. The van der Waals surface area contributed by atoms with Crippen LogP contribution in [0.1, 0.15) is 0 Å². The molecule has 0 rings (SSSR count). The van der Waals surface area contributed by atoms with E-state index in [1.54, 1.807) is 0 Å². The van der Waals surface area contributed by atoms with Gasteiger partial charge >= 0.3 is 29.6 Å². The van der Waals surface area contributed by atoms with Crippen molar-refractivity contribution in [2.75, 3.05) is 39.3 Å². The van der Waals surface area contributed by atoms with E-state index in [4.69, 9.17) is 17.2 Å². The standard InChI is InChI=1S/C6H18N4.CH3NS2.Na/c7-1-4-10(5-2-8)6-3-9;2-1(3)4;/h1-9H2;(H3,2,3,4);/q;;+1/p-1. The minimum absolute atomic E-state index is 0. The summed E-state index contributed by atoms with van der Waals surface area (Å²) >= 11 is 8.26. The third-order valence-electron chi connectivity index (χ3n) is 1.34. The molecule has 0 aromatic rings. The maximum atomic E-state index is 5.37. The van der Waals surface area contributed by atoms with Gasteiger partial charge in [-0.3, -0.25) is 4.90 Å². The van der Waals surface area contributed by atoms with Crippen molar-refractivity contribution in [1.82, 2.24) is 4.90 Å². The molecule has 0 saturated carbocycles. The Hall–Kier alpha value is 0.950. The Kier molecular flexibility index (Phi) is 24.6. The van der Waals surface area contributed by atoms with Crippen molar-refractivity contribution in [1.29, 1.82) is 0 Å². The minimum atomic E-state index is 0. The van der Waals surface area contributed by atoms with Crippen molar-refractivity contribution in [2.24, 2.45) is 22.9 Å². The Balaban J connectivity index is -0.000000249. The molecular formula is C7H20N5NaS2. The third-order valence-corrected chi connectivity index (χ3v) is 1.34. The van der Waals surface area contributed by atoms with Crippen LogP contribution in [0.5, 0.6) is 0 Å². The minimum Gasteiger partial charge on any atom is -0.415 e. The zero-order valence-corrected chi connectivity index (χ0v) is 12.9. The Bertz CT molecular complexity index is 120. The normalized spacial score (nSPS) is 8.80. The zero-order chi connectivity index (χ0) is 11.4. The molecule has 0 radical (unpaired) electrons. The molecule has 0 unspecified atom stereocenters. The van der Waals surface area contributed by atoms with Crippen LogP contribution in [0.25, 0.3) is 0 Å². The van der Waals surface area contributed by atoms with E-state index in [2.05, 4.69) is 35.5 Å². The molecule has 5 nitrogen and oxygen atoms in total. The third kappa shape index (κ3) is 25.3. The molecule has 0 fully saturated rings. The number of thiocarbonyl (C=S) groups is 1. The first-order valence-corrected chi connectivity index (χ1v) is 5.19. The predicted octanol–water partition coefficient (Wildman–Crippen LogP) is -5.05. The smallest absolute Gasteiger partial charge is 0.415 e. The van der Waals surface area contributed by atoms with E-state index in [1.165, 1.54) is 0 Å². The van der Waals surface area contributed by atoms with E-state index < -0.39 is 0 Å². The van der Waals surface area contributed by atoms with Gasteiger partial charge in [0.1, 0.15) is 0 Å². The number of nitrogens with two attached hydrogens (primary N) is 4. The summed E-state index contributed by atoms with van der Waals surface area (Å²) < 4.78 is 0.0833. The SMILES string of the molecule is NC(=S)[S-].NCCN(CCN)CCN.[Na+]. The van der Waals surface area contributed by atoms with Gasteiger partial charge in [0.2, 0.25) is 0 Å². The molecule has 86 valence electrons. The summed E-state index contributed by atoms with van der Waals surface area (Å²) in [7, 11) is 0. The van der Waals surface area contributed by atoms with Crippen molar-refractivity contribution >= 4 is 29.2 Å². The van der Waals surface area contributed by atoms with Crippen LogP contribution in [0.15, 0.2) is 0 Å². The molecule has 0 aromatic heterocycles. The van der Waals surface area contributed by atoms with Gasteiger partial charge in [0.25, 0.3) is 0 Å². The predicted molar refractivity (Wildman–Crippen MR) is 67.8 cm³/mol. The topological polar surface area (TPSA) is 107 Å². The van der Waals surface area contributed by atoms with Gasteiger partial charge in [-0.25, -0.2) is 0 Å². The molecule has 0 heterocycles. The first kappa shape index (κ1) is 21.3. The fourth-order valence-electron chi connectivity index (χ4n) is 0.883. The van der Waals surface area contributed by atoms with Crippen molar-refractivity contribution in [3.8, 4) is 0 Å². The maximum absolute atomic E-state index is 5.37. The number of nitrogens with zero attached hydrogens (tertiary/aromatic N) is 1. The van der Waals surface area contributed by atoms with Crippen LogP contribution < -0.4 is 52.5 Å². The zero-order valence-electron chi connectivity index (χ0n) is 9.32. The van der Waals surface area contributed by atoms with Crippen molar-refractivity contribution < 1.29 is 29.6 Å². The first-order valence-electron chi connectivity index (χ1n) is 4.37. The Morgan fingerprint density at radius 2 is 1.20 bits per heavy atom. The Morgan fingerprint density at radius 1 is 1.00 bits per heavy atom. The van der Waals surface area contributed by atoms with E-state index >= 15 is 0 Å². The van der Waals surface area contributed by atoms with Gasteiger partial charge < -0.3 is 47.8 Å². The van der Waals surface area contributed by atoms with Gasteiger partial charge in [-0.05, 0) is 0 Å². The Morgan fingerprint density at radius 3 is 1.33 bits per heavy atom. The van der Waals surface area contributed by atoms with Gasteiger partial charge in [0.05, 0.1) is 0 Å². The molecule has 15 heavy (non-hydrogen) atoms. The van der Waals surface area contributed by atoms with Crippen LogP contribution in [0.3, 0.4) is 0 Å². The second-order valence-corrected chi connectivity index (χ2v) is 3.66. The molecule has 0 bridgehead atoms. The fraction of sp³-hybridized carbons (Fsp3) is 0.857. The second-order valence-electron chi connectivity index (χ2n) is 2.53. The molecule has 0 amide bonds. The molecule has 8 N–H and O–H groups in total. The summed E-state index contributed by atoms with van der Waals surface area (Å²) in [5.74, 6) is 0. The molecule has 0 aromatic carbocycles. The van der Waals surface area contributed by atoms with Gasteiger partial charge in [-0.2, -0.15) is 0 Å². The number of rotatable bonds is 6. The van der Waals surface area contributed by atoms with Crippen molar-refractivity contribution in [3.05, 3.63) is 0 Å². The van der Waals surface area contributed by atoms with Gasteiger partial charge in [0.15, 0.2) is 0 Å². The van der Waals surface area contributed by atoms with Crippen molar-refractivity contribution in [2.45, 2.75) is 0 Å². The largest absolute Gasteiger partial charge is 1.00 e. The fourth-order valence-corrected chi connectivity index (χ4v) is 0.883. The summed E-state index contributed by atoms with van der Waals surface area (Å²) in [4.78, 5) is 2.17. The van der Waals surface area contributed by atoms with Gasteiger partial charge in [0, 0.05) is 39.3 Å². The molecule has 0 atom stereocenters. The van der Waals surface area contributed by atoms with Crippen LogP contribution in [0.4, 0.5) is 0 Å². The van der Waals surface area contributed by atoms with E-state index in [1.807, 2.05) is 0 Å². The van der Waals surface area contributed by atoms with Crippen LogP contribution in [0, 0.1) is 0 Å². The van der Waals surface area contributed by atoms with Crippen LogP contribution >= 0.6 is 12.2 Å². The van der Waals surface area contributed by atoms with E-state index in [9.17, 15) is 0 Å². The van der Waals surface area contributed by atoms with Crippen LogP contribution in [0.2, 0.25) is 0 Å². The molecule has 0 saturated heterocycles. The summed E-state index contributed by atoms with van der Waals surface area (Å²) in [6, 6.07) is 0. The van der Waals surface area contributed by atoms with E-state index in [0.29, 0.717) is 19.6 Å². The van der Waals surface area contributed by atoms with Crippen LogP contribution in [-0.2, 0) is 12.6 Å². The monoisotopic (exact) mass is 261 g/mol. The quantitative estimate of drug-likeness (QED) is 0.215. The first-order chi connectivity index (χ1) is 6.58. The maximum Gasteiger partial charge on any atom is 1.00 e. The molecule has 0 aliphatic rings. The average molecular weight is 261 g/mol. The number of hydrogen-bond donors (Lipinski definition) is 4. The second kappa shape index (κ2) is 17.3. The summed E-state index contributed by atoms with van der Waals surface area (Å²) in [5.41, 5.74) is 20.8. The molecule has 0 spiro atoms. The van der Waals surface area contributed by atoms with Crippen LogP contribution in [-0.4, -0.2) is 48.5 Å². The number of hydrogen-bond acceptors (Lipinski definition) is 6. The molecule has 0 aliphatic carbocycles. The summed E-state index contributed by atoms with van der Waals surface area (Å²) in [5, 5.41) is 0. The Labute approximate surface area is 125 Å². The summed E-state index contributed by atoms with van der Waals surface area (Å²) in [6.07, 6.45) is 0. The van der Waals surface area contributed by atoms with Gasteiger partial charge in [-0.15, -0.1) is 0 Å². The molecule has 8 heteroatoms.